The van der Waals surface area contributed by atoms with Crippen molar-refractivity contribution in [3.63, 3.8) is 0 Å². The standard InChI is InChI=1S/C12H22N4OS/c1-3-13-12-15-14-11(18-12)9-16-7-5-10(6-8-16)17-4-2/h10H,3-9H2,1-2H3,(H,13,15). The maximum absolute atomic E-state index is 5.66. The molecule has 0 aliphatic carbocycles. The minimum atomic E-state index is 0.456. The number of rotatable bonds is 6. The first kappa shape index (κ1) is 13.7. The Bertz CT molecular complexity index is 350. The van der Waals surface area contributed by atoms with E-state index >= 15 is 0 Å². The molecule has 2 heterocycles. The van der Waals surface area contributed by atoms with Crippen molar-refractivity contribution >= 4 is 16.5 Å². The summed E-state index contributed by atoms with van der Waals surface area (Å²) in [6.45, 7) is 8.97. The summed E-state index contributed by atoms with van der Waals surface area (Å²) in [5.41, 5.74) is 0. The van der Waals surface area contributed by atoms with Crippen LogP contribution in [-0.2, 0) is 11.3 Å². The van der Waals surface area contributed by atoms with Crippen LogP contribution in [0.25, 0.3) is 0 Å². The zero-order valence-corrected chi connectivity index (χ0v) is 12.0. The van der Waals surface area contributed by atoms with Gasteiger partial charge in [0.2, 0.25) is 5.13 Å². The number of likely N-dealkylation sites (tertiary alicyclic amines) is 1. The second-order valence-electron chi connectivity index (χ2n) is 4.46. The summed E-state index contributed by atoms with van der Waals surface area (Å²) < 4.78 is 5.66. The molecule has 102 valence electrons. The molecule has 18 heavy (non-hydrogen) atoms. The maximum Gasteiger partial charge on any atom is 0.205 e. The molecule has 1 aliphatic heterocycles. The van der Waals surface area contributed by atoms with Crippen LogP contribution in [0.5, 0.6) is 0 Å². The zero-order valence-electron chi connectivity index (χ0n) is 11.2. The summed E-state index contributed by atoms with van der Waals surface area (Å²) in [6, 6.07) is 0. The van der Waals surface area contributed by atoms with Gasteiger partial charge in [-0.05, 0) is 26.7 Å². The van der Waals surface area contributed by atoms with Gasteiger partial charge in [0.05, 0.1) is 12.6 Å². The average Bonchev–Trinajstić information content (AvgIpc) is 2.80. The van der Waals surface area contributed by atoms with E-state index in [0.717, 1.165) is 55.8 Å². The number of nitrogens with one attached hydrogen (secondary N) is 1. The number of ether oxygens (including phenoxy) is 1. The van der Waals surface area contributed by atoms with E-state index in [1.807, 2.05) is 0 Å². The molecule has 1 aliphatic rings. The third-order valence-corrected chi connectivity index (χ3v) is 3.96. The Kier molecular flexibility index (Phi) is 5.34. The number of hydrogen-bond donors (Lipinski definition) is 1. The predicted octanol–water partition coefficient (Wildman–Crippen LogP) is 1.97. The smallest absolute Gasteiger partial charge is 0.205 e. The lowest BCUT2D eigenvalue weighted by Crippen LogP contribution is -2.36. The highest BCUT2D eigenvalue weighted by atomic mass is 32.1. The highest BCUT2D eigenvalue weighted by Gasteiger charge is 2.20. The SMILES string of the molecule is CCNc1nnc(CN2CCC(OCC)CC2)s1. The maximum atomic E-state index is 5.66. The molecule has 0 amide bonds. The summed E-state index contributed by atoms with van der Waals surface area (Å²) in [7, 11) is 0. The van der Waals surface area contributed by atoms with Crippen molar-refractivity contribution in [3.8, 4) is 0 Å². The molecular formula is C12H22N4OS. The van der Waals surface area contributed by atoms with Crippen LogP contribution in [0.2, 0.25) is 0 Å². The Morgan fingerprint density at radius 2 is 2.11 bits per heavy atom. The fraction of sp³-hybridized carbons (Fsp3) is 0.833. The minimum absolute atomic E-state index is 0.456. The first-order valence-electron chi connectivity index (χ1n) is 6.72. The van der Waals surface area contributed by atoms with Gasteiger partial charge in [0, 0.05) is 26.2 Å². The third kappa shape index (κ3) is 3.90. The van der Waals surface area contributed by atoms with E-state index in [4.69, 9.17) is 4.74 Å². The molecule has 1 saturated heterocycles. The normalized spacial score (nSPS) is 18.1. The molecule has 1 aromatic heterocycles. The van der Waals surface area contributed by atoms with E-state index in [0.29, 0.717) is 6.10 Å². The Balaban J connectivity index is 1.76. The van der Waals surface area contributed by atoms with Gasteiger partial charge in [-0.3, -0.25) is 4.90 Å². The Morgan fingerprint density at radius 1 is 1.33 bits per heavy atom. The molecular weight excluding hydrogens is 248 g/mol. The number of piperidine rings is 1. The van der Waals surface area contributed by atoms with E-state index in [-0.39, 0.29) is 0 Å². The first-order valence-corrected chi connectivity index (χ1v) is 7.53. The molecule has 0 bridgehead atoms. The van der Waals surface area contributed by atoms with Gasteiger partial charge in [0.15, 0.2) is 0 Å². The number of aromatic nitrogens is 2. The molecule has 1 fully saturated rings. The fourth-order valence-electron chi connectivity index (χ4n) is 2.20. The number of anilines is 1. The van der Waals surface area contributed by atoms with E-state index < -0.39 is 0 Å². The molecule has 0 saturated carbocycles. The second-order valence-corrected chi connectivity index (χ2v) is 5.52. The predicted molar refractivity (Wildman–Crippen MR) is 74.0 cm³/mol. The summed E-state index contributed by atoms with van der Waals surface area (Å²) in [4.78, 5) is 2.44. The van der Waals surface area contributed by atoms with Gasteiger partial charge >= 0.3 is 0 Å². The van der Waals surface area contributed by atoms with E-state index in [9.17, 15) is 0 Å². The quantitative estimate of drug-likeness (QED) is 0.856. The number of nitrogens with zero attached hydrogens (tertiary/aromatic N) is 3. The van der Waals surface area contributed by atoms with Crippen LogP contribution in [0.4, 0.5) is 5.13 Å². The molecule has 0 aromatic carbocycles. The summed E-state index contributed by atoms with van der Waals surface area (Å²) in [5, 5.41) is 13.6. The lowest BCUT2D eigenvalue weighted by Gasteiger charge is -2.30. The van der Waals surface area contributed by atoms with Gasteiger partial charge in [-0.25, -0.2) is 0 Å². The van der Waals surface area contributed by atoms with Gasteiger partial charge in [0.1, 0.15) is 5.01 Å². The van der Waals surface area contributed by atoms with Crippen molar-refractivity contribution in [2.45, 2.75) is 39.3 Å². The van der Waals surface area contributed by atoms with Gasteiger partial charge in [-0.15, -0.1) is 10.2 Å². The van der Waals surface area contributed by atoms with Crippen LogP contribution in [0.3, 0.4) is 0 Å². The van der Waals surface area contributed by atoms with E-state index in [1.165, 1.54) is 0 Å². The van der Waals surface area contributed by atoms with Gasteiger partial charge in [-0.2, -0.15) is 0 Å². The second kappa shape index (κ2) is 7.01. The zero-order chi connectivity index (χ0) is 12.8. The van der Waals surface area contributed by atoms with Gasteiger partial charge in [0.25, 0.3) is 0 Å². The number of hydrogen-bond acceptors (Lipinski definition) is 6. The third-order valence-electron chi connectivity index (χ3n) is 3.09. The molecule has 2 rings (SSSR count). The fourth-order valence-corrected chi connectivity index (χ4v) is 3.05. The summed E-state index contributed by atoms with van der Waals surface area (Å²) >= 11 is 1.66. The lowest BCUT2D eigenvalue weighted by atomic mass is 10.1. The monoisotopic (exact) mass is 270 g/mol. The minimum Gasteiger partial charge on any atom is -0.378 e. The molecule has 0 unspecified atom stereocenters. The molecule has 6 heteroatoms. The van der Waals surface area contributed by atoms with Crippen molar-refractivity contribution in [2.24, 2.45) is 0 Å². The average molecular weight is 270 g/mol. The van der Waals surface area contributed by atoms with E-state index in [1.54, 1.807) is 11.3 Å². The molecule has 0 atom stereocenters. The van der Waals surface area contributed by atoms with Gasteiger partial charge in [-0.1, -0.05) is 11.3 Å². The lowest BCUT2D eigenvalue weighted by molar-refractivity contribution is 0.0125. The van der Waals surface area contributed by atoms with Gasteiger partial charge < -0.3 is 10.1 Å². The van der Waals surface area contributed by atoms with Crippen molar-refractivity contribution in [3.05, 3.63) is 5.01 Å². The molecule has 1 N–H and O–H groups in total. The van der Waals surface area contributed by atoms with Crippen molar-refractivity contribution in [1.82, 2.24) is 15.1 Å². The molecule has 0 spiro atoms. The van der Waals surface area contributed by atoms with Crippen LogP contribution in [0.15, 0.2) is 0 Å². The summed E-state index contributed by atoms with van der Waals surface area (Å²) in [5.74, 6) is 0. The topological polar surface area (TPSA) is 50.3 Å². The summed E-state index contributed by atoms with van der Waals surface area (Å²) in [6.07, 6.45) is 2.72. The largest absolute Gasteiger partial charge is 0.378 e. The molecule has 1 aromatic rings. The van der Waals surface area contributed by atoms with Crippen molar-refractivity contribution < 1.29 is 4.74 Å². The van der Waals surface area contributed by atoms with Crippen LogP contribution < -0.4 is 5.32 Å². The van der Waals surface area contributed by atoms with Crippen molar-refractivity contribution in [2.75, 3.05) is 31.6 Å². The highest BCUT2D eigenvalue weighted by molar-refractivity contribution is 7.15. The van der Waals surface area contributed by atoms with Crippen molar-refractivity contribution in [1.29, 1.82) is 0 Å². The van der Waals surface area contributed by atoms with Crippen LogP contribution >= 0.6 is 11.3 Å². The molecule has 0 radical (unpaired) electrons. The van der Waals surface area contributed by atoms with Crippen LogP contribution in [0.1, 0.15) is 31.7 Å². The van der Waals surface area contributed by atoms with Crippen LogP contribution in [-0.4, -0.2) is 47.4 Å². The van der Waals surface area contributed by atoms with Crippen LogP contribution in [0, 0.1) is 0 Å². The molecule has 5 nitrogen and oxygen atoms in total. The Hall–Kier alpha value is -0.720. The highest BCUT2D eigenvalue weighted by Crippen LogP contribution is 2.20. The Labute approximate surface area is 113 Å². The first-order chi connectivity index (χ1) is 8.81. The van der Waals surface area contributed by atoms with E-state index in [2.05, 4.69) is 34.3 Å². The Morgan fingerprint density at radius 3 is 2.78 bits per heavy atom.